The number of aromatic nitrogens is 5. The number of carboxylic acid groups (broad SMARTS) is 1. The van der Waals surface area contributed by atoms with Gasteiger partial charge in [0.1, 0.15) is 18.8 Å². The molecule has 0 saturated heterocycles. The number of nitriles is 1. The fourth-order valence-electron chi connectivity index (χ4n) is 2.12. The highest BCUT2D eigenvalue weighted by molar-refractivity contribution is 7.88. The lowest BCUT2D eigenvalue weighted by molar-refractivity contribution is -0.136. The fraction of sp³-hybridized carbons (Fsp3) is 0.227. The van der Waals surface area contributed by atoms with Crippen molar-refractivity contribution in [3.63, 3.8) is 0 Å². The van der Waals surface area contributed by atoms with Gasteiger partial charge in [0.15, 0.2) is 16.1 Å². The number of thiol groups is 1. The van der Waals surface area contributed by atoms with Crippen LogP contribution in [0.1, 0.15) is 22.6 Å². The molecule has 5 aromatic heterocycles. The number of alkyl halides is 3. The van der Waals surface area contributed by atoms with Gasteiger partial charge in [0.25, 0.3) is 17.7 Å². The summed E-state index contributed by atoms with van der Waals surface area (Å²) in [7, 11) is -5.74. The van der Waals surface area contributed by atoms with E-state index < -0.39 is 32.7 Å². The third-order valence-electron chi connectivity index (χ3n) is 4.11. The number of carboxylic acids is 1. The van der Waals surface area contributed by atoms with Crippen molar-refractivity contribution in [2.75, 3.05) is 0 Å². The van der Waals surface area contributed by atoms with Crippen LogP contribution in [0.4, 0.5) is 13.2 Å². The minimum atomic E-state index is -5.74. The van der Waals surface area contributed by atoms with Crippen LogP contribution in [0.3, 0.4) is 0 Å². The Bertz CT molecular complexity index is 1730. The summed E-state index contributed by atoms with van der Waals surface area (Å²) in [4.78, 5) is 29.2. The maximum Gasteiger partial charge on any atom is 0.534 e. The summed E-state index contributed by atoms with van der Waals surface area (Å²) in [5.74, 6) is -0.849. The number of hydrogen-bond acceptors (Lipinski definition) is 17. The molecule has 0 saturated carbocycles. The SMILES string of the molecule is CC(S)C(=O)O.Cc1sc(-c2ncco2)nc1O.Cc1sc(-c2ncco2)nc1OS(=O)(=O)C(F)(F)F.N#Cc1ncco1. The molecule has 0 radical (unpaired) electrons. The summed E-state index contributed by atoms with van der Waals surface area (Å²) in [6.07, 6.45) is 8.38. The van der Waals surface area contributed by atoms with Gasteiger partial charge in [-0.15, -0.1) is 22.7 Å². The molecule has 0 aliphatic carbocycles. The normalized spacial score (nSPS) is 11.4. The van der Waals surface area contributed by atoms with Gasteiger partial charge in [0, 0.05) is 0 Å². The molecule has 0 aliphatic rings. The van der Waals surface area contributed by atoms with Crippen molar-refractivity contribution >= 4 is 51.4 Å². The number of aromatic hydroxyl groups is 1. The van der Waals surface area contributed by atoms with E-state index >= 15 is 0 Å². The first-order valence-corrected chi connectivity index (χ1v) is 14.8. The molecule has 0 aliphatic heterocycles. The van der Waals surface area contributed by atoms with Crippen molar-refractivity contribution in [3.05, 3.63) is 53.0 Å². The lowest BCUT2D eigenvalue weighted by Gasteiger charge is -2.07. The summed E-state index contributed by atoms with van der Waals surface area (Å²) in [5.41, 5.74) is -5.51. The van der Waals surface area contributed by atoms with Crippen LogP contribution in [0.5, 0.6) is 11.8 Å². The lowest BCUT2D eigenvalue weighted by Crippen LogP contribution is -2.28. The van der Waals surface area contributed by atoms with Gasteiger partial charge in [-0.25, -0.2) is 15.0 Å². The zero-order valence-electron chi connectivity index (χ0n) is 22.3. The molecule has 2 N–H and O–H groups in total. The molecule has 5 aromatic rings. The average molecular weight is 697 g/mol. The second-order valence-electron chi connectivity index (χ2n) is 7.40. The van der Waals surface area contributed by atoms with Crippen molar-refractivity contribution < 1.29 is 54.0 Å². The Kier molecular flexibility index (Phi) is 12.9. The van der Waals surface area contributed by atoms with Gasteiger partial charge in [-0.1, -0.05) is 0 Å². The highest BCUT2D eigenvalue weighted by Crippen LogP contribution is 2.34. The fourth-order valence-corrected chi connectivity index (χ4v) is 4.16. The van der Waals surface area contributed by atoms with Gasteiger partial charge in [0.2, 0.25) is 11.8 Å². The van der Waals surface area contributed by atoms with Crippen LogP contribution in [-0.4, -0.2) is 60.3 Å². The van der Waals surface area contributed by atoms with E-state index in [2.05, 4.69) is 46.1 Å². The molecule has 15 nitrogen and oxygen atoms in total. The summed E-state index contributed by atoms with van der Waals surface area (Å²) in [6, 6.07) is 1.73. The van der Waals surface area contributed by atoms with E-state index in [1.165, 1.54) is 56.4 Å². The molecule has 1 atom stereocenters. The Balaban J connectivity index is 0.000000229. The number of thiazole rings is 2. The van der Waals surface area contributed by atoms with E-state index in [0.29, 0.717) is 10.9 Å². The number of nitrogens with zero attached hydrogens (tertiary/aromatic N) is 6. The molecular formula is C22H19F3N6O9S4. The number of halogens is 3. The van der Waals surface area contributed by atoms with Crippen molar-refractivity contribution in [2.45, 2.75) is 31.5 Å². The predicted molar refractivity (Wildman–Crippen MR) is 149 cm³/mol. The maximum absolute atomic E-state index is 12.2. The third kappa shape index (κ3) is 10.7. The minimum Gasteiger partial charge on any atom is -0.492 e. The Hall–Kier alpha value is -4.46. The molecule has 0 spiro atoms. The van der Waals surface area contributed by atoms with Gasteiger partial charge in [-0.3, -0.25) is 4.79 Å². The van der Waals surface area contributed by atoms with E-state index in [1.807, 2.05) is 0 Å². The van der Waals surface area contributed by atoms with E-state index in [-0.39, 0.29) is 27.5 Å². The van der Waals surface area contributed by atoms with Gasteiger partial charge in [0.05, 0.1) is 33.6 Å². The monoisotopic (exact) mass is 696 g/mol. The zero-order valence-corrected chi connectivity index (χ0v) is 25.6. The largest absolute Gasteiger partial charge is 0.534 e. The zero-order chi connectivity index (χ0) is 33.1. The quantitative estimate of drug-likeness (QED) is 0.124. The van der Waals surface area contributed by atoms with E-state index in [1.54, 1.807) is 19.2 Å². The molecule has 5 rings (SSSR count). The molecule has 5 heterocycles. The third-order valence-corrected chi connectivity index (χ3v) is 7.17. The maximum atomic E-state index is 12.2. The van der Waals surface area contributed by atoms with Crippen LogP contribution in [0.25, 0.3) is 21.8 Å². The highest BCUT2D eigenvalue weighted by Gasteiger charge is 2.49. The number of carbonyl (C=O) groups is 1. The first kappa shape index (κ1) is 35.7. The number of hydrogen-bond donors (Lipinski definition) is 3. The number of rotatable bonds is 5. The molecule has 0 bridgehead atoms. The van der Waals surface area contributed by atoms with Crippen LogP contribution in [0, 0.1) is 25.2 Å². The van der Waals surface area contributed by atoms with Crippen LogP contribution >= 0.6 is 35.3 Å². The van der Waals surface area contributed by atoms with Crippen LogP contribution in [-0.2, 0) is 14.9 Å². The summed E-state index contributed by atoms with van der Waals surface area (Å²) >= 11 is 5.85. The van der Waals surface area contributed by atoms with Gasteiger partial charge < -0.3 is 27.6 Å². The minimum absolute atomic E-state index is 0.0493. The number of aryl methyl sites for hydroxylation is 2. The Morgan fingerprint density at radius 3 is 1.82 bits per heavy atom. The first-order valence-electron chi connectivity index (χ1n) is 11.2. The summed E-state index contributed by atoms with van der Waals surface area (Å²) < 4.78 is 76.6. The van der Waals surface area contributed by atoms with Crippen LogP contribution < -0.4 is 4.18 Å². The molecule has 0 aromatic carbocycles. The molecule has 0 amide bonds. The smallest absolute Gasteiger partial charge is 0.492 e. The first-order chi connectivity index (χ1) is 20.6. The van der Waals surface area contributed by atoms with Crippen LogP contribution in [0.15, 0.2) is 50.6 Å². The summed E-state index contributed by atoms with van der Waals surface area (Å²) in [5, 5.41) is 25.3. The number of aliphatic carboxylic acids is 1. The van der Waals surface area contributed by atoms with E-state index in [0.717, 1.165) is 16.2 Å². The number of oxazole rings is 3. The molecule has 1 unspecified atom stereocenters. The Labute approximate surface area is 259 Å². The van der Waals surface area contributed by atoms with Crippen molar-refractivity contribution in [3.8, 4) is 39.6 Å². The van der Waals surface area contributed by atoms with Crippen molar-refractivity contribution in [2.24, 2.45) is 0 Å². The van der Waals surface area contributed by atoms with Gasteiger partial charge >= 0.3 is 21.6 Å². The Morgan fingerprint density at radius 2 is 1.48 bits per heavy atom. The van der Waals surface area contributed by atoms with Crippen LogP contribution in [0.2, 0.25) is 0 Å². The predicted octanol–water partition coefficient (Wildman–Crippen LogP) is 5.08. The van der Waals surface area contributed by atoms with Crippen molar-refractivity contribution in [1.29, 1.82) is 5.26 Å². The molecule has 236 valence electrons. The highest BCUT2D eigenvalue weighted by atomic mass is 32.2. The van der Waals surface area contributed by atoms with Gasteiger partial charge in [-0.2, -0.15) is 49.4 Å². The molecule has 0 fully saturated rings. The van der Waals surface area contributed by atoms with E-state index in [4.69, 9.17) is 24.3 Å². The van der Waals surface area contributed by atoms with Gasteiger partial charge in [-0.05, 0) is 20.8 Å². The van der Waals surface area contributed by atoms with Crippen molar-refractivity contribution in [1.82, 2.24) is 24.9 Å². The standard InChI is InChI=1S/C8H5F3N2O4S2.C7H6N2O2S.C4H2N2O.C3H6O2S/c1-4-5(17-19(14,15)8(9,10)11)13-7(18-4)6-12-2-3-16-6;1-4-5(10)9-7(12-4)6-8-2-3-11-6;5-3-4-6-1-2-7-4;1-2(6)3(4)5/h2-3H,1H3;2-3,10H,1H3;1-2H;2,6H,1H3,(H,4,5). The Morgan fingerprint density at radius 1 is 1.00 bits per heavy atom. The lowest BCUT2D eigenvalue weighted by atomic mass is 10.5. The molecule has 44 heavy (non-hydrogen) atoms. The second-order valence-corrected chi connectivity index (χ2v) is 12.1. The molecular weight excluding hydrogens is 678 g/mol. The average Bonchev–Trinajstić information content (AvgIpc) is 3.77. The second kappa shape index (κ2) is 15.8. The summed E-state index contributed by atoms with van der Waals surface area (Å²) in [6.45, 7) is 4.66. The molecule has 22 heteroatoms. The van der Waals surface area contributed by atoms with E-state index in [9.17, 15) is 26.4 Å². The topological polar surface area (TPSA) is 229 Å².